The van der Waals surface area contributed by atoms with Crippen molar-refractivity contribution in [2.75, 3.05) is 0 Å². The number of halogens is 2. The van der Waals surface area contributed by atoms with Gasteiger partial charge in [-0.2, -0.15) is 0 Å². The van der Waals surface area contributed by atoms with E-state index in [4.69, 9.17) is 0 Å². The largest absolute Gasteiger partial charge is 0.0790 e. The summed E-state index contributed by atoms with van der Waals surface area (Å²) in [6, 6.07) is 17.3. The Morgan fingerprint density at radius 3 is 1.43 bits per heavy atom. The Labute approximate surface area is 173 Å². The molecule has 2 atom stereocenters. The van der Waals surface area contributed by atoms with Crippen molar-refractivity contribution < 1.29 is 26.2 Å². The molecular weight excluding hydrogens is 491 g/mol. The third-order valence-corrected chi connectivity index (χ3v) is 6.74. The maximum absolute atomic E-state index is 3.86. The Bertz CT molecular complexity index is 724. The first-order valence-electron chi connectivity index (χ1n) is 7.61. The topological polar surface area (TPSA) is 0 Å². The van der Waals surface area contributed by atoms with E-state index in [0.717, 1.165) is 12.8 Å². The molecule has 0 bridgehead atoms. The molecule has 2 aliphatic rings. The molecule has 2 aromatic carbocycles. The molecule has 2 aliphatic carbocycles. The van der Waals surface area contributed by atoms with Crippen LogP contribution in [-0.2, 0) is 26.2 Å². The molecule has 0 N–H and O–H groups in total. The van der Waals surface area contributed by atoms with E-state index in [2.05, 4.69) is 92.5 Å². The van der Waals surface area contributed by atoms with Crippen LogP contribution in [0.15, 0.2) is 59.7 Å². The van der Waals surface area contributed by atoms with Crippen LogP contribution in [0.3, 0.4) is 0 Å². The summed E-state index contributed by atoms with van der Waals surface area (Å²) in [6.07, 6.45) is 6.90. The van der Waals surface area contributed by atoms with E-state index in [1.807, 2.05) is 0 Å². The predicted molar refractivity (Wildman–Crippen MR) is 101 cm³/mol. The molecular formula is C20H16Br2Zr. The van der Waals surface area contributed by atoms with Crippen molar-refractivity contribution in [1.82, 2.24) is 0 Å². The van der Waals surface area contributed by atoms with Gasteiger partial charge in [-0.15, -0.1) is 0 Å². The van der Waals surface area contributed by atoms with E-state index in [1.54, 1.807) is 0 Å². The summed E-state index contributed by atoms with van der Waals surface area (Å²) in [5, 5.41) is 0. The first-order chi connectivity index (χ1) is 10.7. The van der Waals surface area contributed by atoms with E-state index in [1.165, 1.54) is 33.4 Å². The van der Waals surface area contributed by atoms with E-state index >= 15 is 0 Å². The Hall–Kier alpha value is -0.237. The number of hydrogen-bond donors (Lipinski definition) is 0. The Morgan fingerprint density at radius 2 is 1.04 bits per heavy atom. The molecule has 2 unspecified atom stereocenters. The Kier molecular flexibility index (Phi) is 5.61. The molecule has 0 saturated heterocycles. The molecule has 0 aromatic heterocycles. The zero-order valence-electron chi connectivity index (χ0n) is 12.6. The number of hydrogen-bond acceptors (Lipinski definition) is 0. The number of benzene rings is 2. The fraction of sp³-hybridized carbons (Fsp3) is 0.200. The summed E-state index contributed by atoms with van der Waals surface area (Å²) in [4.78, 5) is 0.753. The van der Waals surface area contributed by atoms with Gasteiger partial charge in [0, 0.05) is 26.2 Å². The smallest absolute Gasteiger partial charge is 0.0613 e. The van der Waals surface area contributed by atoms with Gasteiger partial charge in [-0.25, -0.2) is 0 Å². The molecule has 0 nitrogen and oxygen atoms in total. The summed E-state index contributed by atoms with van der Waals surface area (Å²) < 4.78 is 0. The molecule has 3 heteroatoms. The van der Waals surface area contributed by atoms with Gasteiger partial charge in [0.05, 0.1) is 9.65 Å². The maximum atomic E-state index is 3.86. The zero-order valence-corrected chi connectivity index (χ0v) is 18.2. The van der Waals surface area contributed by atoms with Crippen molar-refractivity contribution in [2.24, 2.45) is 0 Å². The van der Waals surface area contributed by atoms with Gasteiger partial charge < -0.3 is 0 Å². The summed E-state index contributed by atoms with van der Waals surface area (Å²) in [5.41, 5.74) is 8.49. The molecule has 0 aliphatic heterocycles. The SMILES string of the molecule is BrC1C(CCC2=Cc3ccccc3C2Br)=Cc2ccccc21.[Zr]. The van der Waals surface area contributed by atoms with Crippen molar-refractivity contribution in [3.05, 3.63) is 81.9 Å². The molecule has 0 heterocycles. The van der Waals surface area contributed by atoms with Crippen LogP contribution >= 0.6 is 31.9 Å². The fourth-order valence-electron chi connectivity index (χ4n) is 3.38. The van der Waals surface area contributed by atoms with Crippen molar-refractivity contribution in [3.8, 4) is 0 Å². The average Bonchev–Trinajstić information content (AvgIpc) is 3.04. The predicted octanol–water partition coefficient (Wildman–Crippen LogP) is 6.83. The minimum Gasteiger partial charge on any atom is -0.0790 e. The minimum absolute atomic E-state index is 0. The summed E-state index contributed by atoms with van der Waals surface area (Å²) in [5.74, 6) is 0. The van der Waals surface area contributed by atoms with Crippen molar-refractivity contribution in [3.63, 3.8) is 0 Å². The number of fused-ring (bicyclic) bond motifs is 2. The molecule has 114 valence electrons. The molecule has 0 radical (unpaired) electrons. The van der Waals surface area contributed by atoms with Crippen molar-refractivity contribution in [1.29, 1.82) is 0 Å². The van der Waals surface area contributed by atoms with E-state index in [0.29, 0.717) is 9.65 Å². The van der Waals surface area contributed by atoms with E-state index < -0.39 is 0 Å². The van der Waals surface area contributed by atoms with Crippen LogP contribution in [0.4, 0.5) is 0 Å². The van der Waals surface area contributed by atoms with Crippen LogP contribution in [0, 0.1) is 0 Å². The first kappa shape index (κ1) is 17.6. The molecule has 4 rings (SSSR count). The third-order valence-electron chi connectivity index (χ3n) is 4.57. The second-order valence-electron chi connectivity index (χ2n) is 5.92. The number of alkyl halides is 2. The maximum Gasteiger partial charge on any atom is 0.0613 e. The quantitative estimate of drug-likeness (QED) is 0.400. The van der Waals surface area contributed by atoms with Gasteiger partial charge in [0.15, 0.2) is 0 Å². The standard InChI is InChI=1S/C20H16Br2.Zr/c21-19-15(11-13-5-1-3-7-17(13)19)9-10-16-12-14-6-2-4-8-18(14)20(16)22;/h1-8,11-12,19-20H,9-10H2;. The van der Waals surface area contributed by atoms with Gasteiger partial charge in [-0.3, -0.25) is 0 Å². The van der Waals surface area contributed by atoms with Crippen molar-refractivity contribution >= 4 is 44.0 Å². The molecule has 2 aromatic rings. The van der Waals surface area contributed by atoms with Crippen LogP contribution in [-0.4, -0.2) is 0 Å². The van der Waals surface area contributed by atoms with Gasteiger partial charge in [-0.1, -0.05) is 104 Å². The van der Waals surface area contributed by atoms with Crippen LogP contribution in [0.5, 0.6) is 0 Å². The second kappa shape index (κ2) is 7.34. The molecule has 0 fully saturated rings. The average molecular weight is 507 g/mol. The van der Waals surface area contributed by atoms with Crippen LogP contribution in [0.25, 0.3) is 12.2 Å². The zero-order chi connectivity index (χ0) is 15.1. The van der Waals surface area contributed by atoms with Crippen LogP contribution < -0.4 is 0 Å². The molecule has 0 amide bonds. The monoisotopic (exact) mass is 504 g/mol. The normalized spacial score (nSPS) is 21.1. The van der Waals surface area contributed by atoms with Gasteiger partial charge in [0.25, 0.3) is 0 Å². The summed E-state index contributed by atoms with van der Waals surface area (Å²) >= 11 is 7.71. The first-order valence-corrected chi connectivity index (χ1v) is 9.44. The number of allylic oxidation sites excluding steroid dienone is 2. The van der Waals surface area contributed by atoms with Gasteiger partial charge in [0.2, 0.25) is 0 Å². The van der Waals surface area contributed by atoms with Crippen molar-refractivity contribution in [2.45, 2.75) is 22.5 Å². The molecule has 0 spiro atoms. The van der Waals surface area contributed by atoms with E-state index in [9.17, 15) is 0 Å². The summed E-state index contributed by atoms with van der Waals surface area (Å²) in [6.45, 7) is 0. The molecule has 0 saturated carbocycles. The fourth-order valence-corrected chi connectivity index (χ4v) is 4.93. The second-order valence-corrected chi connectivity index (χ2v) is 7.75. The summed E-state index contributed by atoms with van der Waals surface area (Å²) in [7, 11) is 0. The third kappa shape index (κ3) is 3.30. The Morgan fingerprint density at radius 1 is 0.652 bits per heavy atom. The number of rotatable bonds is 3. The Balaban J connectivity index is 0.00000156. The van der Waals surface area contributed by atoms with Gasteiger partial charge >= 0.3 is 0 Å². The van der Waals surface area contributed by atoms with Gasteiger partial charge in [0.1, 0.15) is 0 Å². The van der Waals surface area contributed by atoms with E-state index in [-0.39, 0.29) is 26.2 Å². The van der Waals surface area contributed by atoms with Gasteiger partial charge in [-0.05, 0) is 35.1 Å². The van der Waals surface area contributed by atoms with Crippen LogP contribution in [0.1, 0.15) is 44.7 Å². The van der Waals surface area contributed by atoms with Crippen LogP contribution in [0.2, 0.25) is 0 Å². The molecule has 23 heavy (non-hydrogen) atoms. The minimum atomic E-state index is 0.